The summed E-state index contributed by atoms with van der Waals surface area (Å²) in [4.78, 5) is 13.8. The molecular weight excluding hydrogens is 268 g/mol. The molecule has 1 unspecified atom stereocenters. The molecule has 1 heterocycles. The van der Waals surface area contributed by atoms with Gasteiger partial charge in [0.2, 0.25) is 0 Å². The van der Waals surface area contributed by atoms with Gasteiger partial charge in [-0.05, 0) is 59.9 Å². The second kappa shape index (κ2) is 9.26. The van der Waals surface area contributed by atoms with Gasteiger partial charge in [0.1, 0.15) is 5.60 Å². The third kappa shape index (κ3) is 8.27. The van der Waals surface area contributed by atoms with Gasteiger partial charge in [-0.15, -0.1) is 0 Å². The van der Waals surface area contributed by atoms with Gasteiger partial charge in [0, 0.05) is 32.3 Å². The highest BCUT2D eigenvalue weighted by Gasteiger charge is 2.20. The molecule has 1 N–H and O–H groups in total. The monoisotopic (exact) mass is 300 g/mol. The lowest BCUT2D eigenvalue weighted by atomic mass is 10.1. The summed E-state index contributed by atoms with van der Waals surface area (Å²) in [5, 5.41) is 3.57. The summed E-state index contributed by atoms with van der Waals surface area (Å²) in [6.45, 7) is 11.8. The molecule has 1 saturated heterocycles. The van der Waals surface area contributed by atoms with E-state index in [9.17, 15) is 4.79 Å². The molecular formula is C16H32N2O3. The summed E-state index contributed by atoms with van der Waals surface area (Å²) in [5.41, 5.74) is -0.427. The van der Waals surface area contributed by atoms with Gasteiger partial charge in [-0.3, -0.25) is 0 Å². The molecule has 1 aliphatic rings. The van der Waals surface area contributed by atoms with Crippen molar-refractivity contribution < 1.29 is 14.3 Å². The predicted molar refractivity (Wildman–Crippen MR) is 84.6 cm³/mol. The van der Waals surface area contributed by atoms with Crippen LogP contribution in [0.3, 0.4) is 0 Å². The van der Waals surface area contributed by atoms with E-state index in [0.717, 1.165) is 45.6 Å². The Kier molecular flexibility index (Phi) is 8.04. The van der Waals surface area contributed by atoms with E-state index in [1.165, 1.54) is 6.42 Å². The number of carbonyl (C=O) groups is 1. The van der Waals surface area contributed by atoms with Crippen LogP contribution in [0.2, 0.25) is 0 Å². The van der Waals surface area contributed by atoms with Gasteiger partial charge < -0.3 is 19.7 Å². The van der Waals surface area contributed by atoms with Crippen molar-refractivity contribution in [1.29, 1.82) is 0 Å². The number of ether oxygens (including phenoxy) is 2. The molecule has 0 spiro atoms. The van der Waals surface area contributed by atoms with Crippen molar-refractivity contribution in [3.05, 3.63) is 0 Å². The Hall–Kier alpha value is -0.810. The summed E-state index contributed by atoms with van der Waals surface area (Å²) < 4.78 is 10.9. The zero-order valence-corrected chi connectivity index (χ0v) is 14.1. The molecule has 1 amide bonds. The quantitative estimate of drug-likeness (QED) is 0.766. The molecule has 124 valence electrons. The minimum Gasteiger partial charge on any atom is -0.444 e. The van der Waals surface area contributed by atoms with E-state index in [-0.39, 0.29) is 6.09 Å². The van der Waals surface area contributed by atoms with Crippen molar-refractivity contribution in [3.8, 4) is 0 Å². The second-order valence-corrected chi connectivity index (χ2v) is 6.61. The Bertz CT molecular complexity index is 294. The number of nitrogens with zero attached hydrogens (tertiary/aromatic N) is 1. The number of nitrogens with one attached hydrogen (secondary N) is 1. The average molecular weight is 300 g/mol. The number of carbonyl (C=O) groups excluding carboxylic acids is 1. The molecule has 1 rings (SSSR count). The van der Waals surface area contributed by atoms with E-state index in [0.29, 0.717) is 12.6 Å². The Morgan fingerprint density at radius 3 is 2.76 bits per heavy atom. The lowest BCUT2D eigenvalue weighted by Gasteiger charge is -2.26. The maximum Gasteiger partial charge on any atom is 0.410 e. The maximum absolute atomic E-state index is 12.0. The fourth-order valence-electron chi connectivity index (χ4n) is 2.39. The smallest absolute Gasteiger partial charge is 0.410 e. The largest absolute Gasteiger partial charge is 0.444 e. The molecule has 0 bridgehead atoms. The average Bonchev–Trinajstić information content (AvgIpc) is 2.65. The van der Waals surface area contributed by atoms with Crippen LogP contribution in [0.15, 0.2) is 0 Å². The molecule has 21 heavy (non-hydrogen) atoms. The van der Waals surface area contributed by atoms with Gasteiger partial charge >= 0.3 is 6.09 Å². The minimum absolute atomic E-state index is 0.215. The normalized spacial score (nSPS) is 19.9. The Morgan fingerprint density at radius 1 is 1.33 bits per heavy atom. The Labute approximate surface area is 129 Å². The first-order valence-corrected chi connectivity index (χ1v) is 8.21. The van der Waals surface area contributed by atoms with Crippen LogP contribution in [-0.2, 0) is 9.47 Å². The lowest BCUT2D eigenvalue weighted by Crippen LogP contribution is -2.38. The van der Waals surface area contributed by atoms with E-state index >= 15 is 0 Å². The van der Waals surface area contributed by atoms with Crippen LogP contribution in [0.1, 0.15) is 53.4 Å². The molecule has 0 aromatic heterocycles. The summed E-state index contributed by atoms with van der Waals surface area (Å²) in [7, 11) is 0. The molecule has 0 aromatic rings. The van der Waals surface area contributed by atoms with Crippen LogP contribution >= 0.6 is 0 Å². The molecule has 0 aliphatic carbocycles. The number of hydrogen-bond acceptors (Lipinski definition) is 4. The highest BCUT2D eigenvalue weighted by atomic mass is 16.6. The molecule has 0 radical (unpaired) electrons. The maximum atomic E-state index is 12.0. The highest BCUT2D eigenvalue weighted by Crippen LogP contribution is 2.10. The van der Waals surface area contributed by atoms with Crippen molar-refractivity contribution in [2.24, 2.45) is 0 Å². The summed E-state index contributed by atoms with van der Waals surface area (Å²) in [5.74, 6) is 0. The van der Waals surface area contributed by atoms with Gasteiger partial charge in [0.05, 0.1) is 0 Å². The molecule has 1 aliphatic heterocycles. The van der Waals surface area contributed by atoms with E-state index < -0.39 is 5.60 Å². The van der Waals surface area contributed by atoms with Gasteiger partial charge in [-0.1, -0.05) is 0 Å². The van der Waals surface area contributed by atoms with Crippen molar-refractivity contribution in [3.63, 3.8) is 0 Å². The third-order valence-electron chi connectivity index (χ3n) is 3.52. The molecule has 1 fully saturated rings. The van der Waals surface area contributed by atoms with E-state index in [1.54, 1.807) is 4.90 Å². The fraction of sp³-hybridized carbons (Fsp3) is 0.938. The van der Waals surface area contributed by atoms with Crippen LogP contribution in [0.5, 0.6) is 0 Å². The van der Waals surface area contributed by atoms with E-state index in [4.69, 9.17) is 9.47 Å². The van der Waals surface area contributed by atoms with Crippen LogP contribution in [-0.4, -0.2) is 55.5 Å². The topological polar surface area (TPSA) is 50.8 Å². The third-order valence-corrected chi connectivity index (χ3v) is 3.52. The molecule has 0 aromatic carbocycles. The van der Waals surface area contributed by atoms with Crippen LogP contribution in [0.25, 0.3) is 0 Å². The first-order valence-electron chi connectivity index (χ1n) is 8.21. The van der Waals surface area contributed by atoms with Crippen molar-refractivity contribution in [2.75, 3.05) is 32.8 Å². The summed E-state index contributed by atoms with van der Waals surface area (Å²) >= 11 is 0. The van der Waals surface area contributed by atoms with Gasteiger partial charge in [0.15, 0.2) is 0 Å². The van der Waals surface area contributed by atoms with E-state index in [1.807, 2.05) is 27.7 Å². The van der Waals surface area contributed by atoms with Crippen LogP contribution < -0.4 is 5.32 Å². The van der Waals surface area contributed by atoms with E-state index in [2.05, 4.69) is 5.32 Å². The SMILES string of the molecule is CCN(CCCNC1CCCOCC1)C(=O)OC(C)(C)C. The van der Waals surface area contributed by atoms with Crippen molar-refractivity contribution >= 4 is 6.09 Å². The van der Waals surface area contributed by atoms with Gasteiger partial charge in [0.25, 0.3) is 0 Å². The molecule has 0 saturated carbocycles. The molecule has 5 nitrogen and oxygen atoms in total. The Morgan fingerprint density at radius 2 is 2.10 bits per heavy atom. The summed E-state index contributed by atoms with van der Waals surface area (Å²) in [6.07, 6.45) is 4.14. The molecule has 1 atom stereocenters. The first-order chi connectivity index (χ1) is 9.92. The van der Waals surface area contributed by atoms with Gasteiger partial charge in [-0.2, -0.15) is 0 Å². The number of amides is 1. The van der Waals surface area contributed by atoms with Crippen molar-refractivity contribution in [2.45, 2.75) is 65.0 Å². The highest BCUT2D eigenvalue weighted by molar-refractivity contribution is 5.68. The molecule has 5 heteroatoms. The van der Waals surface area contributed by atoms with Crippen LogP contribution in [0.4, 0.5) is 4.79 Å². The standard InChI is InChI=1S/C16H32N2O3/c1-5-18(15(19)21-16(2,3)4)11-7-10-17-14-8-6-12-20-13-9-14/h14,17H,5-13H2,1-4H3. The Balaban J connectivity index is 2.20. The zero-order chi connectivity index (χ0) is 15.7. The van der Waals surface area contributed by atoms with Gasteiger partial charge in [-0.25, -0.2) is 4.79 Å². The minimum atomic E-state index is -0.427. The van der Waals surface area contributed by atoms with Crippen molar-refractivity contribution in [1.82, 2.24) is 10.2 Å². The number of hydrogen-bond donors (Lipinski definition) is 1. The second-order valence-electron chi connectivity index (χ2n) is 6.61. The predicted octanol–water partition coefficient (Wildman–Crippen LogP) is 2.79. The lowest BCUT2D eigenvalue weighted by molar-refractivity contribution is 0.0258. The summed E-state index contributed by atoms with van der Waals surface area (Å²) in [6, 6.07) is 0.559. The first kappa shape index (κ1) is 18.2. The van der Waals surface area contributed by atoms with Crippen LogP contribution in [0, 0.1) is 0 Å². The zero-order valence-electron chi connectivity index (χ0n) is 14.1. The fourth-order valence-corrected chi connectivity index (χ4v) is 2.39. The number of rotatable bonds is 6.